The van der Waals surface area contributed by atoms with E-state index in [0.29, 0.717) is 6.42 Å². The van der Waals surface area contributed by atoms with Crippen LogP contribution in [0.15, 0.2) is 0 Å². The van der Waals surface area contributed by atoms with Crippen molar-refractivity contribution in [2.75, 3.05) is 6.61 Å². The van der Waals surface area contributed by atoms with Gasteiger partial charge in [0, 0.05) is 0 Å². The topological polar surface area (TPSA) is 124 Å². The van der Waals surface area contributed by atoms with Crippen molar-refractivity contribution in [2.45, 2.75) is 38.0 Å². The van der Waals surface area contributed by atoms with Crippen molar-refractivity contribution in [1.29, 1.82) is 0 Å². The van der Waals surface area contributed by atoms with Gasteiger partial charge in [0.1, 0.15) is 0 Å². The summed E-state index contributed by atoms with van der Waals surface area (Å²) in [6.07, 6.45) is -1.75. The molecule has 0 saturated heterocycles. The molecule has 0 aromatic carbocycles. The van der Waals surface area contributed by atoms with Gasteiger partial charge in [0.25, 0.3) is 0 Å². The Morgan fingerprint density at radius 3 is 2.18 bits per heavy atom. The van der Waals surface area contributed by atoms with Crippen molar-refractivity contribution in [3.8, 4) is 0 Å². The molecule has 0 rings (SSSR count). The van der Waals surface area contributed by atoms with Gasteiger partial charge in [-0.2, -0.15) is 0 Å². The van der Waals surface area contributed by atoms with Crippen molar-refractivity contribution in [2.24, 2.45) is 5.92 Å². The summed E-state index contributed by atoms with van der Waals surface area (Å²) in [5.41, 5.74) is -2.23. The fraction of sp³-hybridized carbons (Fsp3) is 1.00. The van der Waals surface area contributed by atoms with Crippen LogP contribution in [0.3, 0.4) is 0 Å². The summed E-state index contributed by atoms with van der Waals surface area (Å²) in [4.78, 5) is 0. The number of hydrogen-bond acceptors (Lipinski definition) is 7. The molecule has 9 heteroatoms. The number of rotatable bonds is 8. The molecule has 0 radical (unpaired) electrons. The summed E-state index contributed by atoms with van der Waals surface area (Å²) in [7, 11) is -4.40. The van der Waals surface area contributed by atoms with Crippen LogP contribution in [-0.2, 0) is 14.4 Å². The van der Waals surface area contributed by atoms with Crippen molar-refractivity contribution < 1.29 is 28.4 Å². The third-order valence-corrected chi connectivity index (χ3v) is 3.32. The molecule has 17 heavy (non-hydrogen) atoms. The molecule has 0 aliphatic heterocycles. The first-order valence-corrected chi connectivity index (χ1v) is 6.77. The standard InChI is InChI=1S/C8H18BNO6S/c1-5(2)3-6(4-11)10-7(12)8(13)17(15,16)9-14/h5-8,10-13H,3-4H2,1-2H3. The van der Waals surface area contributed by atoms with E-state index in [-0.39, 0.29) is 12.5 Å². The van der Waals surface area contributed by atoms with Crippen LogP contribution in [0.5, 0.6) is 0 Å². The fourth-order valence-electron chi connectivity index (χ4n) is 1.32. The predicted octanol–water partition coefficient (Wildman–Crippen LogP) is -2.00. The van der Waals surface area contributed by atoms with E-state index in [4.69, 9.17) is 5.11 Å². The van der Waals surface area contributed by atoms with E-state index >= 15 is 0 Å². The average Bonchev–Trinajstić information content (AvgIpc) is 2.26. The summed E-state index contributed by atoms with van der Waals surface area (Å²) in [6.45, 7) is 3.45. The summed E-state index contributed by atoms with van der Waals surface area (Å²) in [5, 5.41) is 29.9. The van der Waals surface area contributed by atoms with E-state index in [1.807, 2.05) is 13.8 Å². The molecule has 4 N–H and O–H groups in total. The Morgan fingerprint density at radius 2 is 1.82 bits per heavy atom. The molecule has 0 aliphatic rings. The fourth-order valence-corrected chi connectivity index (χ4v) is 1.88. The molecule has 3 atom stereocenters. The van der Waals surface area contributed by atoms with Crippen LogP contribution in [0.4, 0.5) is 0 Å². The molecule has 3 unspecified atom stereocenters. The summed E-state index contributed by atoms with van der Waals surface area (Å²) in [6, 6.07) is -0.554. The molecule has 0 heterocycles. The van der Waals surface area contributed by atoms with Gasteiger partial charge >= 0.3 is 100 Å². The SMILES string of the molecule is CC(C)CC(CO)NC(O)C(O)S(=O)(=O)B=O. The van der Waals surface area contributed by atoms with Crippen LogP contribution in [0.1, 0.15) is 20.3 Å². The Balaban J connectivity index is 4.51. The first-order valence-electron chi connectivity index (χ1n) is 5.16. The average molecular weight is 267 g/mol. The Kier molecular flexibility index (Phi) is 7.02. The molecule has 0 saturated carbocycles. The van der Waals surface area contributed by atoms with E-state index in [1.54, 1.807) is 0 Å². The van der Waals surface area contributed by atoms with Gasteiger partial charge in [0.15, 0.2) is 0 Å². The summed E-state index contributed by atoms with van der Waals surface area (Å²) in [5.74, 6) is 0.215. The van der Waals surface area contributed by atoms with Crippen molar-refractivity contribution in [3.63, 3.8) is 0 Å². The second-order valence-corrected chi connectivity index (χ2v) is 6.05. The van der Waals surface area contributed by atoms with Gasteiger partial charge in [-0.1, -0.05) is 0 Å². The van der Waals surface area contributed by atoms with Gasteiger partial charge in [-0.25, -0.2) is 0 Å². The van der Waals surface area contributed by atoms with Gasteiger partial charge in [-0.3, -0.25) is 0 Å². The predicted molar refractivity (Wildman–Crippen MR) is 60.8 cm³/mol. The maximum atomic E-state index is 11.0. The number of hydrogen-bond donors (Lipinski definition) is 4. The Hall–Kier alpha value is -0.345. The zero-order valence-electron chi connectivity index (χ0n) is 9.78. The molecule has 100 valence electrons. The number of aliphatic hydroxyl groups is 3. The van der Waals surface area contributed by atoms with Gasteiger partial charge in [-0.15, -0.1) is 0 Å². The van der Waals surface area contributed by atoms with E-state index < -0.39 is 33.8 Å². The van der Waals surface area contributed by atoms with Crippen LogP contribution in [0, 0.1) is 5.92 Å². The molecular weight excluding hydrogens is 249 g/mol. The zero-order chi connectivity index (χ0) is 13.6. The van der Waals surface area contributed by atoms with E-state index in [0.717, 1.165) is 0 Å². The van der Waals surface area contributed by atoms with Gasteiger partial charge < -0.3 is 0 Å². The Morgan fingerprint density at radius 1 is 1.29 bits per heavy atom. The molecule has 0 aromatic heterocycles. The maximum absolute atomic E-state index is 11.0. The molecule has 0 bridgehead atoms. The Bertz CT molecular complexity index is 333. The molecule has 0 aromatic rings. The van der Waals surface area contributed by atoms with Crippen LogP contribution in [-0.4, -0.2) is 54.5 Å². The van der Waals surface area contributed by atoms with Crippen LogP contribution >= 0.6 is 0 Å². The summed E-state index contributed by atoms with van der Waals surface area (Å²) < 4.78 is 32.1. The molecule has 0 fully saturated rings. The van der Waals surface area contributed by atoms with Gasteiger partial charge in [0.2, 0.25) is 0 Å². The first-order chi connectivity index (χ1) is 7.74. The van der Waals surface area contributed by atoms with Crippen LogP contribution < -0.4 is 5.32 Å². The quantitative estimate of drug-likeness (QED) is 0.296. The summed E-state index contributed by atoms with van der Waals surface area (Å²) >= 11 is 0. The molecule has 0 amide bonds. The van der Waals surface area contributed by atoms with E-state index in [1.165, 1.54) is 0 Å². The number of nitrogens with one attached hydrogen (secondary N) is 1. The second-order valence-electron chi connectivity index (χ2n) is 4.20. The first kappa shape index (κ1) is 16.7. The minimum atomic E-state index is -4.40. The molecule has 0 aliphatic carbocycles. The van der Waals surface area contributed by atoms with E-state index in [2.05, 4.69) is 5.32 Å². The van der Waals surface area contributed by atoms with Gasteiger partial charge in [0.05, 0.1) is 0 Å². The van der Waals surface area contributed by atoms with Crippen molar-refractivity contribution >= 4 is 16.1 Å². The second kappa shape index (κ2) is 7.17. The monoisotopic (exact) mass is 267 g/mol. The third kappa shape index (κ3) is 5.69. The zero-order valence-corrected chi connectivity index (χ0v) is 10.6. The number of aliphatic hydroxyl groups excluding tert-OH is 3. The van der Waals surface area contributed by atoms with Crippen molar-refractivity contribution in [1.82, 2.24) is 5.32 Å². The van der Waals surface area contributed by atoms with Crippen molar-refractivity contribution in [3.05, 3.63) is 0 Å². The van der Waals surface area contributed by atoms with Crippen LogP contribution in [0.2, 0.25) is 0 Å². The minimum absolute atomic E-state index is 0.215. The normalized spacial score (nSPS) is 17.5. The third-order valence-electron chi connectivity index (χ3n) is 2.12. The molecule has 0 spiro atoms. The Labute approximate surface area is 101 Å². The van der Waals surface area contributed by atoms with E-state index in [9.17, 15) is 23.3 Å². The molecule has 7 nitrogen and oxygen atoms in total. The molecular formula is C8H18BNO6S. The van der Waals surface area contributed by atoms with Crippen LogP contribution in [0.25, 0.3) is 0 Å². The van der Waals surface area contributed by atoms with Gasteiger partial charge in [-0.05, 0) is 0 Å².